The van der Waals surface area contributed by atoms with Gasteiger partial charge in [-0.25, -0.2) is 4.39 Å². The number of anilines is 1. The van der Waals surface area contributed by atoms with Gasteiger partial charge in [0, 0.05) is 30.3 Å². The van der Waals surface area contributed by atoms with Gasteiger partial charge < -0.3 is 10.2 Å². The minimum atomic E-state index is -0.529. The summed E-state index contributed by atoms with van der Waals surface area (Å²) in [5, 5.41) is 2.73. The van der Waals surface area contributed by atoms with Gasteiger partial charge in [-0.2, -0.15) is 0 Å². The number of benzene rings is 2. The molecule has 5 heteroatoms. The predicted octanol–water partition coefficient (Wildman–Crippen LogP) is 3.45. The highest BCUT2D eigenvalue weighted by Crippen LogP contribution is 2.19. The van der Waals surface area contributed by atoms with Crippen molar-refractivity contribution in [1.29, 1.82) is 0 Å². The van der Waals surface area contributed by atoms with Gasteiger partial charge in [0.15, 0.2) is 0 Å². The molecule has 0 spiro atoms. The van der Waals surface area contributed by atoms with Gasteiger partial charge in [0.1, 0.15) is 5.82 Å². The standard InChI is InChI=1S/C16H16BrFN2O/c1-20(12-6-3-2-4-7-12)11-10-19-16(21)15-13(17)8-5-9-14(15)18/h2-9H,10-11H2,1H3,(H,19,21). The average Bonchev–Trinajstić information content (AvgIpc) is 2.48. The zero-order valence-corrected chi connectivity index (χ0v) is 13.2. The van der Waals surface area contributed by atoms with E-state index in [0.29, 0.717) is 17.6 Å². The zero-order valence-electron chi connectivity index (χ0n) is 11.6. The van der Waals surface area contributed by atoms with Crippen LogP contribution in [0.2, 0.25) is 0 Å². The normalized spacial score (nSPS) is 10.2. The molecule has 0 unspecified atom stereocenters. The average molecular weight is 351 g/mol. The van der Waals surface area contributed by atoms with Crippen molar-refractivity contribution >= 4 is 27.5 Å². The Morgan fingerprint density at radius 1 is 1.19 bits per heavy atom. The molecule has 0 radical (unpaired) electrons. The molecule has 2 aromatic rings. The molecule has 21 heavy (non-hydrogen) atoms. The van der Waals surface area contributed by atoms with Crippen LogP contribution in [0.4, 0.5) is 10.1 Å². The second-order valence-corrected chi connectivity index (χ2v) is 5.46. The number of nitrogens with one attached hydrogen (secondary N) is 1. The molecule has 0 aliphatic rings. The molecule has 3 nitrogen and oxygen atoms in total. The highest BCUT2D eigenvalue weighted by Gasteiger charge is 2.14. The lowest BCUT2D eigenvalue weighted by Crippen LogP contribution is -2.33. The summed E-state index contributed by atoms with van der Waals surface area (Å²) in [5.74, 6) is -0.945. The van der Waals surface area contributed by atoms with Crippen molar-refractivity contribution in [1.82, 2.24) is 5.32 Å². The van der Waals surface area contributed by atoms with Crippen LogP contribution in [0.1, 0.15) is 10.4 Å². The summed E-state index contributed by atoms with van der Waals surface area (Å²) in [4.78, 5) is 14.0. The summed E-state index contributed by atoms with van der Waals surface area (Å²) >= 11 is 3.19. The molecule has 0 bridgehead atoms. The van der Waals surface area contributed by atoms with E-state index in [1.54, 1.807) is 12.1 Å². The number of hydrogen-bond acceptors (Lipinski definition) is 2. The summed E-state index contributed by atoms with van der Waals surface area (Å²) in [7, 11) is 1.94. The van der Waals surface area contributed by atoms with Crippen LogP contribution in [-0.2, 0) is 0 Å². The highest BCUT2D eigenvalue weighted by atomic mass is 79.9. The smallest absolute Gasteiger partial charge is 0.255 e. The van der Waals surface area contributed by atoms with Gasteiger partial charge in [-0.05, 0) is 40.2 Å². The lowest BCUT2D eigenvalue weighted by molar-refractivity contribution is 0.0950. The van der Waals surface area contributed by atoms with Crippen molar-refractivity contribution in [2.45, 2.75) is 0 Å². The van der Waals surface area contributed by atoms with Crippen molar-refractivity contribution < 1.29 is 9.18 Å². The van der Waals surface area contributed by atoms with E-state index in [9.17, 15) is 9.18 Å². The molecular formula is C16H16BrFN2O. The quantitative estimate of drug-likeness (QED) is 0.895. The molecule has 0 aliphatic carbocycles. The van der Waals surface area contributed by atoms with Crippen molar-refractivity contribution in [2.24, 2.45) is 0 Å². The number of likely N-dealkylation sites (N-methyl/N-ethyl adjacent to an activating group) is 1. The minimum absolute atomic E-state index is 0.0415. The van der Waals surface area contributed by atoms with Crippen LogP contribution in [0.15, 0.2) is 53.0 Å². The molecular weight excluding hydrogens is 335 g/mol. The van der Waals surface area contributed by atoms with E-state index in [1.807, 2.05) is 42.3 Å². The van der Waals surface area contributed by atoms with E-state index in [0.717, 1.165) is 5.69 Å². The number of rotatable bonds is 5. The molecule has 0 aliphatic heterocycles. The van der Waals surface area contributed by atoms with Gasteiger partial charge in [-0.1, -0.05) is 24.3 Å². The lowest BCUT2D eigenvalue weighted by atomic mass is 10.2. The third kappa shape index (κ3) is 4.04. The first-order chi connectivity index (χ1) is 10.1. The van der Waals surface area contributed by atoms with Crippen LogP contribution in [0.25, 0.3) is 0 Å². The SMILES string of the molecule is CN(CCNC(=O)c1c(F)cccc1Br)c1ccccc1. The maximum atomic E-state index is 13.7. The molecule has 0 aromatic heterocycles. The number of nitrogens with zero attached hydrogens (tertiary/aromatic N) is 1. The Morgan fingerprint density at radius 3 is 2.57 bits per heavy atom. The fourth-order valence-electron chi connectivity index (χ4n) is 1.95. The number of amides is 1. The maximum Gasteiger partial charge on any atom is 0.255 e. The molecule has 110 valence electrons. The first-order valence-electron chi connectivity index (χ1n) is 6.58. The van der Waals surface area contributed by atoms with Gasteiger partial charge in [0.2, 0.25) is 0 Å². The Kier molecular flexibility index (Phi) is 5.33. The molecule has 2 aromatic carbocycles. The second-order valence-electron chi connectivity index (χ2n) is 4.61. The molecule has 0 atom stereocenters. The molecule has 0 saturated carbocycles. The molecule has 0 saturated heterocycles. The van der Waals surface area contributed by atoms with Crippen LogP contribution in [0, 0.1) is 5.82 Å². The number of halogens is 2. The van der Waals surface area contributed by atoms with Crippen LogP contribution < -0.4 is 10.2 Å². The molecule has 1 N–H and O–H groups in total. The number of hydrogen-bond donors (Lipinski definition) is 1. The predicted molar refractivity (Wildman–Crippen MR) is 86.1 cm³/mol. The Hall–Kier alpha value is -1.88. The highest BCUT2D eigenvalue weighted by molar-refractivity contribution is 9.10. The maximum absolute atomic E-state index is 13.7. The third-order valence-electron chi connectivity index (χ3n) is 3.12. The lowest BCUT2D eigenvalue weighted by Gasteiger charge is -2.19. The number of carbonyl (C=O) groups is 1. The van der Waals surface area contributed by atoms with Crippen molar-refractivity contribution in [3.8, 4) is 0 Å². The molecule has 1 amide bonds. The van der Waals surface area contributed by atoms with Crippen LogP contribution >= 0.6 is 15.9 Å². The monoisotopic (exact) mass is 350 g/mol. The fourth-order valence-corrected chi connectivity index (χ4v) is 2.47. The van der Waals surface area contributed by atoms with Crippen LogP contribution in [-0.4, -0.2) is 26.0 Å². The largest absolute Gasteiger partial charge is 0.373 e. The van der Waals surface area contributed by atoms with Gasteiger partial charge in [-0.3, -0.25) is 4.79 Å². The van der Waals surface area contributed by atoms with Gasteiger partial charge in [0.25, 0.3) is 5.91 Å². The summed E-state index contributed by atoms with van der Waals surface area (Å²) in [6.45, 7) is 1.08. The Morgan fingerprint density at radius 2 is 1.90 bits per heavy atom. The van der Waals surface area contributed by atoms with Crippen LogP contribution in [0.3, 0.4) is 0 Å². The summed E-state index contributed by atoms with van der Waals surface area (Å²) in [6.07, 6.45) is 0. The van der Waals surface area contributed by atoms with Gasteiger partial charge in [-0.15, -0.1) is 0 Å². The second kappa shape index (κ2) is 7.22. The minimum Gasteiger partial charge on any atom is -0.373 e. The Bertz CT molecular complexity index is 599. The Labute approximate surface area is 131 Å². The van der Waals surface area contributed by atoms with Gasteiger partial charge in [0.05, 0.1) is 5.56 Å². The van der Waals surface area contributed by atoms with E-state index in [2.05, 4.69) is 21.2 Å². The topological polar surface area (TPSA) is 32.3 Å². The summed E-state index contributed by atoms with van der Waals surface area (Å²) < 4.78 is 14.1. The summed E-state index contributed by atoms with van der Waals surface area (Å²) in [6, 6.07) is 14.3. The van der Waals surface area contributed by atoms with Crippen molar-refractivity contribution in [3.05, 3.63) is 64.4 Å². The van der Waals surface area contributed by atoms with E-state index in [-0.39, 0.29) is 5.56 Å². The molecule has 0 fully saturated rings. The first kappa shape index (κ1) is 15.5. The van der Waals surface area contributed by atoms with E-state index in [1.165, 1.54) is 6.07 Å². The molecule has 2 rings (SSSR count). The van der Waals surface area contributed by atoms with Crippen molar-refractivity contribution in [3.63, 3.8) is 0 Å². The van der Waals surface area contributed by atoms with Crippen molar-refractivity contribution in [2.75, 3.05) is 25.0 Å². The zero-order chi connectivity index (χ0) is 15.2. The molecule has 0 heterocycles. The van der Waals surface area contributed by atoms with E-state index in [4.69, 9.17) is 0 Å². The number of carbonyl (C=O) groups excluding carboxylic acids is 1. The van der Waals surface area contributed by atoms with E-state index < -0.39 is 11.7 Å². The number of para-hydroxylation sites is 1. The Balaban J connectivity index is 1.90. The van der Waals surface area contributed by atoms with Crippen LogP contribution in [0.5, 0.6) is 0 Å². The third-order valence-corrected chi connectivity index (χ3v) is 3.78. The van der Waals surface area contributed by atoms with E-state index >= 15 is 0 Å². The van der Waals surface area contributed by atoms with Gasteiger partial charge >= 0.3 is 0 Å². The fraction of sp³-hybridized carbons (Fsp3) is 0.188. The first-order valence-corrected chi connectivity index (χ1v) is 7.37. The summed E-state index contributed by atoms with van der Waals surface area (Å²) in [5.41, 5.74) is 1.11.